The van der Waals surface area contributed by atoms with E-state index in [0.717, 1.165) is 0 Å². The number of Topliss-reactive ketones (excluding diaryl/α,β-unsaturated/α-hetero) is 1. The Balaban J connectivity index is 1.60. The maximum Gasteiger partial charge on any atom is 0.221 e. The second-order valence-corrected chi connectivity index (χ2v) is 9.56. The Kier molecular flexibility index (Phi) is 3.52. The van der Waals surface area contributed by atoms with E-state index in [2.05, 4.69) is 29.0 Å². The van der Waals surface area contributed by atoms with Gasteiger partial charge in [-0.2, -0.15) is 0 Å². The van der Waals surface area contributed by atoms with E-state index in [1.807, 2.05) is 6.92 Å². The topological polar surface area (TPSA) is 116 Å². The van der Waals surface area contributed by atoms with Gasteiger partial charge in [0.05, 0.1) is 16.8 Å². The molecule has 170 valence electrons. The molecule has 4 bridgehead atoms. The fourth-order valence-corrected chi connectivity index (χ4v) is 6.43. The minimum absolute atomic E-state index is 0.0214. The Labute approximate surface area is 199 Å². The summed E-state index contributed by atoms with van der Waals surface area (Å²) in [6.07, 6.45) is 2.98. The zero-order chi connectivity index (χ0) is 24.3. The number of phenolic OH excluding ortho intramolecular Hbond substituents is 1. The molecule has 7 heteroatoms. The zero-order valence-corrected chi connectivity index (χ0v) is 18.4. The molecule has 5 atom stereocenters. The first kappa shape index (κ1) is 20.2. The van der Waals surface area contributed by atoms with Gasteiger partial charge in [-0.3, -0.25) is 14.4 Å². The summed E-state index contributed by atoms with van der Waals surface area (Å²) in [6, 6.07) is 7.00. The van der Waals surface area contributed by atoms with Crippen molar-refractivity contribution < 1.29 is 29.3 Å². The van der Waals surface area contributed by atoms with E-state index in [9.17, 15) is 24.6 Å². The van der Waals surface area contributed by atoms with Crippen molar-refractivity contribution in [3.63, 3.8) is 0 Å². The largest absolute Gasteiger partial charge is 0.507 e. The van der Waals surface area contributed by atoms with E-state index >= 15 is 0 Å². The van der Waals surface area contributed by atoms with Crippen LogP contribution in [0.3, 0.4) is 0 Å². The summed E-state index contributed by atoms with van der Waals surface area (Å²) in [4.78, 5) is 40.3. The predicted molar refractivity (Wildman–Crippen MR) is 123 cm³/mol. The monoisotopic (exact) mass is 463 g/mol. The molecule has 1 saturated carbocycles. The first-order valence-electron chi connectivity index (χ1n) is 11.3. The number of ether oxygens (including phenoxy) is 1. The normalized spacial score (nSPS) is 34.5. The Hall–Kier alpha value is -4.17. The highest BCUT2D eigenvalue weighted by atomic mass is 16.7. The lowest BCUT2D eigenvalue weighted by atomic mass is 9.57. The molecule has 5 aliphatic rings. The first-order chi connectivity index (χ1) is 16.8. The van der Waals surface area contributed by atoms with Crippen molar-refractivity contribution in [2.75, 3.05) is 5.32 Å². The van der Waals surface area contributed by atoms with Crippen LogP contribution in [0.25, 0.3) is 0 Å². The molecule has 2 heterocycles. The zero-order valence-electron chi connectivity index (χ0n) is 18.4. The van der Waals surface area contributed by atoms with Gasteiger partial charge < -0.3 is 20.3 Å². The molecule has 7 rings (SSSR count). The number of epoxide rings is 1. The van der Waals surface area contributed by atoms with Gasteiger partial charge in [0.15, 0.2) is 23.0 Å². The summed E-state index contributed by atoms with van der Waals surface area (Å²) >= 11 is 0. The third kappa shape index (κ3) is 2.02. The highest BCUT2D eigenvalue weighted by molar-refractivity contribution is 6.31. The molecule has 0 radical (unpaired) electrons. The number of hydrogen-bond acceptors (Lipinski definition) is 7. The fraction of sp³-hybridized carbons (Fsp3) is 0.250. The van der Waals surface area contributed by atoms with E-state index in [0.29, 0.717) is 0 Å². The van der Waals surface area contributed by atoms with Gasteiger partial charge in [-0.1, -0.05) is 54.9 Å². The number of nitrogens with one attached hydrogen (secondary N) is 1. The predicted octanol–water partition coefficient (Wildman–Crippen LogP) is 1.84. The van der Waals surface area contributed by atoms with Crippen LogP contribution < -0.4 is 5.32 Å². The molecule has 0 aromatic heterocycles. The van der Waals surface area contributed by atoms with Gasteiger partial charge in [-0.05, 0) is 24.1 Å². The highest BCUT2D eigenvalue weighted by Crippen LogP contribution is 2.73. The van der Waals surface area contributed by atoms with Crippen molar-refractivity contribution in [1.82, 2.24) is 0 Å². The van der Waals surface area contributed by atoms with Crippen LogP contribution >= 0.6 is 0 Å². The first-order valence-corrected chi connectivity index (χ1v) is 11.3. The third-order valence-corrected chi connectivity index (χ3v) is 7.97. The number of phenols is 1. The van der Waals surface area contributed by atoms with E-state index in [1.165, 1.54) is 18.2 Å². The second kappa shape index (κ2) is 6.09. The number of benzene rings is 2. The molecular formula is C28H17NO6. The molecule has 2 aromatic carbocycles. The van der Waals surface area contributed by atoms with Gasteiger partial charge in [0.25, 0.3) is 0 Å². The lowest BCUT2D eigenvalue weighted by molar-refractivity contribution is -0.141. The van der Waals surface area contributed by atoms with Gasteiger partial charge >= 0.3 is 0 Å². The Bertz CT molecular complexity index is 1610. The molecule has 3 aliphatic carbocycles. The smallest absolute Gasteiger partial charge is 0.221 e. The quantitative estimate of drug-likeness (QED) is 0.265. The Morgan fingerprint density at radius 1 is 1.06 bits per heavy atom. The standard InChI is InChI=1S/C28H17NO6/c1-14-12-20(31)26(34)11-7-3-2-4-10-19-27(14)28(26,35-27)17-13-18(30)21-22(23(17)29-19)25(33)16-9-6-5-8-15(16)24(21)32/h2-3,5-6,8-9,13-14,19,29-30,34H,12H2,1H3/t14-,19-,26-,27-,28-/m0/s1. The molecule has 35 heavy (non-hydrogen) atoms. The van der Waals surface area contributed by atoms with Crippen molar-refractivity contribution in [2.45, 2.75) is 36.2 Å². The Morgan fingerprint density at radius 2 is 1.74 bits per heavy atom. The van der Waals surface area contributed by atoms with Gasteiger partial charge in [-0.15, -0.1) is 0 Å². The fourth-order valence-electron chi connectivity index (χ4n) is 6.43. The maximum absolute atomic E-state index is 13.7. The number of anilines is 1. The number of aromatic hydroxyl groups is 1. The molecule has 1 saturated heterocycles. The summed E-state index contributed by atoms with van der Waals surface area (Å²) in [5.41, 5.74) is -4.35. The van der Waals surface area contributed by atoms with Crippen LogP contribution in [0.4, 0.5) is 5.69 Å². The van der Waals surface area contributed by atoms with Crippen molar-refractivity contribution in [2.24, 2.45) is 5.92 Å². The molecule has 0 spiro atoms. The summed E-state index contributed by atoms with van der Waals surface area (Å²) in [5, 5.41) is 26.2. The van der Waals surface area contributed by atoms with Crippen LogP contribution in [-0.2, 0) is 15.1 Å². The van der Waals surface area contributed by atoms with Gasteiger partial charge in [0, 0.05) is 23.1 Å². The third-order valence-electron chi connectivity index (χ3n) is 7.97. The van der Waals surface area contributed by atoms with Crippen LogP contribution in [0, 0.1) is 29.6 Å². The number of carbonyl (C=O) groups excluding carboxylic acids is 3. The van der Waals surface area contributed by atoms with Crippen molar-refractivity contribution >= 4 is 23.0 Å². The number of ketones is 3. The summed E-state index contributed by atoms with van der Waals surface area (Å²) in [6.45, 7) is 1.85. The molecule has 2 fully saturated rings. The van der Waals surface area contributed by atoms with E-state index in [4.69, 9.17) is 4.74 Å². The lowest BCUT2D eigenvalue weighted by Gasteiger charge is -2.45. The minimum atomic E-state index is -2.24. The van der Waals surface area contributed by atoms with Crippen LogP contribution in [0.2, 0.25) is 0 Å². The molecule has 0 unspecified atom stereocenters. The molecule has 0 amide bonds. The van der Waals surface area contributed by atoms with Crippen LogP contribution in [-0.4, -0.2) is 44.8 Å². The molecule has 7 nitrogen and oxygen atoms in total. The van der Waals surface area contributed by atoms with Crippen molar-refractivity contribution in [3.05, 3.63) is 70.3 Å². The van der Waals surface area contributed by atoms with Crippen molar-refractivity contribution in [3.8, 4) is 29.4 Å². The number of fused-ring (bicyclic) bond motifs is 4. The van der Waals surface area contributed by atoms with Crippen LogP contribution in [0.1, 0.15) is 50.8 Å². The number of rotatable bonds is 0. The average molecular weight is 463 g/mol. The van der Waals surface area contributed by atoms with E-state index < -0.39 is 45.9 Å². The number of carbonyl (C=O) groups is 3. The SMILES string of the molecule is C[C@H]1CC(=O)[C@@]2(O)C#CC=CC#C[C@@H]3Nc4c(cc(O)c5c4C(=O)c4ccccc4C5=O)[C@]24O[C@]314. The minimum Gasteiger partial charge on any atom is -0.507 e. The maximum atomic E-state index is 13.7. The molecule has 2 aliphatic heterocycles. The summed E-state index contributed by atoms with van der Waals surface area (Å²) in [5.74, 6) is 9.18. The van der Waals surface area contributed by atoms with Gasteiger partial charge in [0.2, 0.25) is 5.60 Å². The summed E-state index contributed by atoms with van der Waals surface area (Å²) in [7, 11) is 0. The number of aliphatic hydroxyl groups is 1. The molecular weight excluding hydrogens is 446 g/mol. The lowest BCUT2D eigenvalue weighted by Crippen LogP contribution is -2.64. The number of allylic oxidation sites excluding steroid dienone is 2. The van der Waals surface area contributed by atoms with E-state index in [-0.39, 0.29) is 45.8 Å². The highest BCUT2D eigenvalue weighted by Gasteiger charge is 2.89. The Morgan fingerprint density at radius 3 is 2.49 bits per heavy atom. The molecule has 2 aromatic rings. The van der Waals surface area contributed by atoms with Crippen LogP contribution in [0.5, 0.6) is 5.75 Å². The van der Waals surface area contributed by atoms with Crippen LogP contribution in [0.15, 0.2) is 42.5 Å². The summed E-state index contributed by atoms with van der Waals surface area (Å²) < 4.78 is 6.39. The van der Waals surface area contributed by atoms with Gasteiger partial charge in [0.1, 0.15) is 17.4 Å². The van der Waals surface area contributed by atoms with E-state index in [1.54, 1.807) is 24.3 Å². The molecule has 3 N–H and O–H groups in total. The second-order valence-electron chi connectivity index (χ2n) is 9.56. The number of hydrogen-bond donors (Lipinski definition) is 3. The van der Waals surface area contributed by atoms with Gasteiger partial charge in [-0.25, -0.2) is 0 Å². The van der Waals surface area contributed by atoms with Crippen molar-refractivity contribution in [1.29, 1.82) is 0 Å². The average Bonchev–Trinajstić information content (AvgIpc) is 3.58.